The fourth-order valence-electron chi connectivity index (χ4n) is 2.65. The van der Waals surface area contributed by atoms with E-state index in [4.69, 9.17) is 9.26 Å². The summed E-state index contributed by atoms with van der Waals surface area (Å²) < 4.78 is 11.1. The standard InChI is InChI=1S/C14H20N6O2/c1-2-11-15-14(18-17-11)10-7-20(5-6-21-10)8-12-16-13(19-22-12)9-3-4-9/h9-10H,2-8H2,1H3,(H,15,17,18)/t10-/m1/s1. The summed E-state index contributed by atoms with van der Waals surface area (Å²) in [6, 6.07) is 0. The first-order valence-electron chi connectivity index (χ1n) is 7.89. The van der Waals surface area contributed by atoms with Gasteiger partial charge in [-0.25, -0.2) is 4.98 Å². The summed E-state index contributed by atoms with van der Waals surface area (Å²) in [5.74, 6) is 3.69. The van der Waals surface area contributed by atoms with E-state index in [2.05, 4.69) is 30.2 Å². The Morgan fingerprint density at radius 1 is 1.27 bits per heavy atom. The first-order chi connectivity index (χ1) is 10.8. The zero-order valence-electron chi connectivity index (χ0n) is 12.7. The molecule has 2 fully saturated rings. The smallest absolute Gasteiger partial charge is 0.240 e. The second-order valence-electron chi connectivity index (χ2n) is 5.91. The lowest BCUT2D eigenvalue weighted by molar-refractivity contribution is -0.0396. The van der Waals surface area contributed by atoms with Gasteiger partial charge in [0.1, 0.15) is 11.9 Å². The molecule has 1 aliphatic heterocycles. The lowest BCUT2D eigenvalue weighted by Gasteiger charge is -2.30. The van der Waals surface area contributed by atoms with E-state index >= 15 is 0 Å². The van der Waals surface area contributed by atoms with Crippen molar-refractivity contribution >= 4 is 0 Å². The Morgan fingerprint density at radius 2 is 2.18 bits per heavy atom. The van der Waals surface area contributed by atoms with Gasteiger partial charge in [0.2, 0.25) is 5.89 Å². The number of hydrogen-bond acceptors (Lipinski definition) is 7. The lowest BCUT2D eigenvalue weighted by atomic mass is 10.2. The Bertz CT molecular complexity index is 635. The molecule has 2 aliphatic rings. The van der Waals surface area contributed by atoms with Crippen LogP contribution in [0.4, 0.5) is 0 Å². The first kappa shape index (κ1) is 13.8. The molecular weight excluding hydrogens is 284 g/mol. The first-order valence-corrected chi connectivity index (χ1v) is 7.89. The summed E-state index contributed by atoms with van der Waals surface area (Å²) in [6.07, 6.45) is 3.11. The minimum absolute atomic E-state index is 0.101. The van der Waals surface area contributed by atoms with Gasteiger partial charge in [-0.3, -0.25) is 10.00 Å². The quantitative estimate of drug-likeness (QED) is 0.887. The molecule has 1 saturated heterocycles. The maximum atomic E-state index is 5.79. The maximum Gasteiger partial charge on any atom is 0.240 e. The molecule has 0 bridgehead atoms. The third-order valence-corrected chi connectivity index (χ3v) is 4.11. The van der Waals surface area contributed by atoms with Gasteiger partial charge in [0.05, 0.1) is 13.2 Å². The summed E-state index contributed by atoms with van der Waals surface area (Å²) in [6.45, 7) is 4.95. The SMILES string of the molecule is CCc1nc([C@H]2CN(Cc3nc(C4CC4)no3)CCO2)n[nH]1. The van der Waals surface area contributed by atoms with Crippen molar-refractivity contribution < 1.29 is 9.26 Å². The van der Waals surface area contributed by atoms with E-state index in [9.17, 15) is 0 Å². The fourth-order valence-corrected chi connectivity index (χ4v) is 2.65. The number of H-pyrrole nitrogens is 1. The molecule has 2 aromatic rings. The van der Waals surface area contributed by atoms with E-state index in [0.717, 1.165) is 37.0 Å². The van der Waals surface area contributed by atoms with Crippen LogP contribution >= 0.6 is 0 Å². The average molecular weight is 304 g/mol. The van der Waals surface area contributed by atoms with Gasteiger partial charge in [0.25, 0.3) is 0 Å². The highest BCUT2D eigenvalue weighted by Gasteiger charge is 2.30. The molecule has 3 heterocycles. The highest BCUT2D eigenvalue weighted by Crippen LogP contribution is 2.38. The van der Waals surface area contributed by atoms with E-state index in [0.29, 0.717) is 25.0 Å². The van der Waals surface area contributed by atoms with E-state index < -0.39 is 0 Å². The van der Waals surface area contributed by atoms with E-state index in [1.54, 1.807) is 0 Å². The van der Waals surface area contributed by atoms with E-state index in [-0.39, 0.29) is 6.10 Å². The fraction of sp³-hybridized carbons (Fsp3) is 0.714. The molecule has 1 N–H and O–H groups in total. The van der Waals surface area contributed by atoms with Crippen molar-refractivity contribution in [1.29, 1.82) is 0 Å². The van der Waals surface area contributed by atoms with Crippen molar-refractivity contribution in [3.8, 4) is 0 Å². The van der Waals surface area contributed by atoms with Crippen LogP contribution in [0.2, 0.25) is 0 Å². The third-order valence-electron chi connectivity index (χ3n) is 4.11. The molecule has 1 atom stereocenters. The molecule has 0 radical (unpaired) electrons. The van der Waals surface area contributed by atoms with Crippen molar-refractivity contribution in [3.05, 3.63) is 23.4 Å². The number of nitrogens with one attached hydrogen (secondary N) is 1. The second-order valence-corrected chi connectivity index (χ2v) is 5.91. The van der Waals surface area contributed by atoms with Crippen LogP contribution in [0.15, 0.2) is 4.52 Å². The predicted molar refractivity (Wildman–Crippen MR) is 76.0 cm³/mol. The number of aromatic nitrogens is 5. The zero-order chi connectivity index (χ0) is 14.9. The molecule has 0 amide bonds. The average Bonchev–Trinajstić information content (AvgIpc) is 3.10. The number of nitrogens with zero attached hydrogens (tertiary/aromatic N) is 5. The summed E-state index contributed by atoms with van der Waals surface area (Å²) in [4.78, 5) is 11.2. The van der Waals surface area contributed by atoms with Crippen LogP contribution < -0.4 is 0 Å². The number of ether oxygens (including phenoxy) is 1. The summed E-state index contributed by atoms with van der Waals surface area (Å²) >= 11 is 0. The van der Waals surface area contributed by atoms with Crippen molar-refractivity contribution in [1.82, 2.24) is 30.2 Å². The maximum absolute atomic E-state index is 5.79. The number of morpholine rings is 1. The minimum atomic E-state index is -0.101. The summed E-state index contributed by atoms with van der Waals surface area (Å²) in [7, 11) is 0. The Hall–Kier alpha value is -1.80. The zero-order valence-corrected chi connectivity index (χ0v) is 12.7. The van der Waals surface area contributed by atoms with Crippen molar-refractivity contribution in [2.45, 2.75) is 44.8 Å². The van der Waals surface area contributed by atoms with Crippen molar-refractivity contribution in [2.24, 2.45) is 0 Å². The highest BCUT2D eigenvalue weighted by atomic mass is 16.5. The predicted octanol–water partition coefficient (Wildman–Crippen LogP) is 1.20. The minimum Gasteiger partial charge on any atom is -0.367 e. The molecule has 4 rings (SSSR count). The van der Waals surface area contributed by atoms with Gasteiger partial charge in [-0.1, -0.05) is 12.1 Å². The molecule has 22 heavy (non-hydrogen) atoms. The topological polar surface area (TPSA) is 93.0 Å². The van der Waals surface area contributed by atoms with Crippen molar-refractivity contribution in [3.63, 3.8) is 0 Å². The highest BCUT2D eigenvalue weighted by molar-refractivity contribution is 5.03. The Morgan fingerprint density at radius 3 is 2.95 bits per heavy atom. The number of aryl methyl sites for hydroxylation is 1. The van der Waals surface area contributed by atoms with Gasteiger partial charge in [-0.15, -0.1) is 0 Å². The largest absolute Gasteiger partial charge is 0.367 e. The van der Waals surface area contributed by atoms with Crippen LogP contribution in [0.25, 0.3) is 0 Å². The van der Waals surface area contributed by atoms with Gasteiger partial charge in [-0.2, -0.15) is 10.1 Å². The molecule has 0 unspecified atom stereocenters. The van der Waals surface area contributed by atoms with Gasteiger partial charge in [0, 0.05) is 25.4 Å². The normalized spacial score (nSPS) is 23.0. The molecule has 0 aromatic carbocycles. The van der Waals surface area contributed by atoms with E-state index in [1.165, 1.54) is 12.8 Å². The number of hydrogen-bond donors (Lipinski definition) is 1. The summed E-state index contributed by atoms with van der Waals surface area (Å²) in [5, 5.41) is 11.2. The molecule has 1 saturated carbocycles. The van der Waals surface area contributed by atoms with Gasteiger partial charge in [0.15, 0.2) is 11.6 Å². The molecule has 1 aliphatic carbocycles. The monoisotopic (exact) mass is 304 g/mol. The van der Waals surface area contributed by atoms with Crippen molar-refractivity contribution in [2.75, 3.05) is 19.7 Å². The number of aromatic amines is 1. The molecule has 8 heteroatoms. The second kappa shape index (κ2) is 5.77. The summed E-state index contributed by atoms with van der Waals surface area (Å²) in [5.41, 5.74) is 0. The van der Waals surface area contributed by atoms with Crippen LogP contribution in [0.3, 0.4) is 0 Å². The molecule has 118 valence electrons. The van der Waals surface area contributed by atoms with Crippen LogP contribution in [-0.2, 0) is 17.7 Å². The molecular formula is C14H20N6O2. The Kier molecular flexibility index (Phi) is 3.63. The number of rotatable bonds is 5. The third kappa shape index (κ3) is 2.89. The Labute approximate surface area is 128 Å². The van der Waals surface area contributed by atoms with Gasteiger partial charge < -0.3 is 9.26 Å². The van der Waals surface area contributed by atoms with Crippen LogP contribution in [0.1, 0.15) is 55.2 Å². The molecule has 2 aromatic heterocycles. The molecule has 8 nitrogen and oxygen atoms in total. The van der Waals surface area contributed by atoms with Crippen LogP contribution in [0.5, 0.6) is 0 Å². The molecule has 0 spiro atoms. The van der Waals surface area contributed by atoms with Crippen LogP contribution in [-0.4, -0.2) is 49.9 Å². The van der Waals surface area contributed by atoms with Gasteiger partial charge in [-0.05, 0) is 12.8 Å². The van der Waals surface area contributed by atoms with Crippen LogP contribution in [0, 0.1) is 0 Å². The Balaban J connectivity index is 1.39. The van der Waals surface area contributed by atoms with E-state index in [1.807, 2.05) is 6.92 Å². The van der Waals surface area contributed by atoms with Gasteiger partial charge >= 0.3 is 0 Å². The lowest BCUT2D eigenvalue weighted by Crippen LogP contribution is -2.38.